The first kappa shape index (κ1) is 22.8. The molecule has 2 amide bonds. The molecule has 2 atom stereocenters. The molecule has 1 aliphatic rings. The highest BCUT2D eigenvalue weighted by molar-refractivity contribution is 5.94. The molecular formula is C24H31N3O4. The number of aliphatic hydroxyl groups excluding tert-OH is 1. The van der Waals surface area contributed by atoms with Crippen LogP contribution in [-0.2, 0) is 0 Å². The lowest BCUT2D eigenvalue weighted by Gasteiger charge is -2.36. The molecule has 1 aliphatic heterocycles. The highest BCUT2D eigenvalue weighted by Gasteiger charge is 2.25. The van der Waals surface area contributed by atoms with Gasteiger partial charge < -0.3 is 20.5 Å². The standard InChI is InChI=1S/C24H31N3O4/c1-18(28)19-10-12-23(13-11-19)31-17-22(29)16-27-14-6-5-9-21(27)15-25-24(30)26-20-7-3-2-4-8-20/h2-4,7-8,10-13,21-22,29H,5-6,9,14-17H2,1H3,(H2,25,26,30). The van der Waals surface area contributed by atoms with Crippen molar-refractivity contribution < 1.29 is 19.4 Å². The van der Waals surface area contributed by atoms with E-state index in [0.29, 0.717) is 24.4 Å². The van der Waals surface area contributed by atoms with Gasteiger partial charge in [0.1, 0.15) is 18.5 Å². The Bertz CT molecular complexity index is 842. The molecule has 2 aromatic carbocycles. The van der Waals surface area contributed by atoms with Crippen LogP contribution in [0.1, 0.15) is 36.5 Å². The number of β-amino-alcohol motifs (C(OH)–C–C–N with tert-alkyl or cyclic N) is 1. The fourth-order valence-electron chi connectivity index (χ4n) is 3.74. The summed E-state index contributed by atoms with van der Waals surface area (Å²) < 4.78 is 5.68. The number of Topliss-reactive ketones (excluding diaryl/α,β-unsaturated/α-hetero) is 1. The summed E-state index contributed by atoms with van der Waals surface area (Å²) in [7, 11) is 0. The number of para-hydroxylation sites is 1. The summed E-state index contributed by atoms with van der Waals surface area (Å²) in [6, 6.07) is 16.2. The van der Waals surface area contributed by atoms with Crippen molar-refractivity contribution in [1.82, 2.24) is 10.2 Å². The molecule has 7 nitrogen and oxygen atoms in total. The van der Waals surface area contributed by atoms with Crippen LogP contribution in [0.15, 0.2) is 54.6 Å². The van der Waals surface area contributed by atoms with Gasteiger partial charge in [-0.25, -0.2) is 4.79 Å². The maximum absolute atomic E-state index is 12.2. The number of carbonyl (C=O) groups is 2. The average molecular weight is 426 g/mol. The second kappa shape index (κ2) is 11.5. The molecular weight excluding hydrogens is 394 g/mol. The number of amides is 2. The number of rotatable bonds is 9. The molecule has 0 aliphatic carbocycles. The van der Waals surface area contributed by atoms with Crippen LogP contribution in [0.4, 0.5) is 10.5 Å². The number of piperidine rings is 1. The molecule has 3 rings (SSSR count). The fourth-order valence-corrected chi connectivity index (χ4v) is 3.74. The van der Waals surface area contributed by atoms with Crippen molar-refractivity contribution in [1.29, 1.82) is 0 Å². The zero-order valence-electron chi connectivity index (χ0n) is 17.9. The first-order valence-corrected chi connectivity index (χ1v) is 10.8. The van der Waals surface area contributed by atoms with Gasteiger partial charge in [0.05, 0.1) is 0 Å². The lowest BCUT2D eigenvalue weighted by atomic mass is 10.0. The molecule has 0 saturated carbocycles. The van der Waals surface area contributed by atoms with Crippen molar-refractivity contribution in [2.45, 2.75) is 38.3 Å². The highest BCUT2D eigenvalue weighted by atomic mass is 16.5. The number of ketones is 1. The quantitative estimate of drug-likeness (QED) is 0.536. The van der Waals surface area contributed by atoms with Crippen molar-refractivity contribution in [2.75, 3.05) is 31.6 Å². The summed E-state index contributed by atoms with van der Waals surface area (Å²) in [4.78, 5) is 25.7. The first-order valence-electron chi connectivity index (χ1n) is 10.8. The van der Waals surface area contributed by atoms with Crippen LogP contribution in [0.3, 0.4) is 0 Å². The first-order chi connectivity index (χ1) is 15.0. The van der Waals surface area contributed by atoms with Crippen molar-refractivity contribution in [2.24, 2.45) is 0 Å². The minimum absolute atomic E-state index is 0.00813. The van der Waals surface area contributed by atoms with Crippen molar-refractivity contribution in [3.05, 3.63) is 60.2 Å². The molecule has 1 fully saturated rings. The van der Waals surface area contributed by atoms with E-state index in [4.69, 9.17) is 4.74 Å². The highest BCUT2D eigenvalue weighted by Crippen LogP contribution is 2.18. The fraction of sp³-hybridized carbons (Fsp3) is 0.417. The van der Waals surface area contributed by atoms with Gasteiger partial charge in [-0.05, 0) is 62.7 Å². The molecule has 3 N–H and O–H groups in total. The molecule has 0 spiro atoms. The monoisotopic (exact) mass is 425 g/mol. The SMILES string of the molecule is CC(=O)c1ccc(OCC(O)CN2CCCCC2CNC(=O)Nc2ccccc2)cc1. The Balaban J connectivity index is 1.43. The maximum Gasteiger partial charge on any atom is 0.319 e. The predicted molar refractivity (Wildman–Crippen MR) is 121 cm³/mol. The predicted octanol–water partition coefficient (Wildman–Crippen LogP) is 3.31. The summed E-state index contributed by atoms with van der Waals surface area (Å²) >= 11 is 0. The Morgan fingerprint density at radius 1 is 1.13 bits per heavy atom. The number of nitrogens with zero attached hydrogens (tertiary/aromatic N) is 1. The zero-order chi connectivity index (χ0) is 22.1. The van der Waals surface area contributed by atoms with Crippen LogP contribution >= 0.6 is 0 Å². The Morgan fingerprint density at radius 2 is 1.87 bits per heavy atom. The molecule has 1 saturated heterocycles. The number of hydrogen-bond donors (Lipinski definition) is 3. The Kier molecular flexibility index (Phi) is 8.44. The van der Waals surface area contributed by atoms with E-state index in [1.807, 2.05) is 30.3 Å². The van der Waals surface area contributed by atoms with E-state index in [2.05, 4.69) is 15.5 Å². The van der Waals surface area contributed by atoms with Gasteiger partial charge in [-0.15, -0.1) is 0 Å². The number of anilines is 1. The second-order valence-corrected chi connectivity index (χ2v) is 7.89. The van der Waals surface area contributed by atoms with E-state index in [9.17, 15) is 14.7 Å². The lowest BCUT2D eigenvalue weighted by molar-refractivity contribution is 0.0403. The summed E-state index contributed by atoms with van der Waals surface area (Å²) in [5.41, 5.74) is 1.39. The number of benzene rings is 2. The van der Waals surface area contributed by atoms with Gasteiger partial charge in [0.15, 0.2) is 5.78 Å². The summed E-state index contributed by atoms with van der Waals surface area (Å²) in [5.74, 6) is 0.632. The molecule has 1 heterocycles. The van der Waals surface area contributed by atoms with E-state index in [1.165, 1.54) is 6.92 Å². The van der Waals surface area contributed by atoms with Crippen molar-refractivity contribution >= 4 is 17.5 Å². The third-order valence-corrected chi connectivity index (χ3v) is 5.43. The minimum atomic E-state index is -0.647. The topological polar surface area (TPSA) is 90.9 Å². The molecule has 2 aromatic rings. The Hall–Kier alpha value is -2.90. The van der Waals surface area contributed by atoms with E-state index < -0.39 is 6.10 Å². The molecule has 166 valence electrons. The van der Waals surface area contributed by atoms with Crippen LogP contribution in [0, 0.1) is 0 Å². The normalized spacial score (nSPS) is 17.5. The Labute approximate surface area is 183 Å². The van der Waals surface area contributed by atoms with Crippen LogP contribution in [0.25, 0.3) is 0 Å². The molecule has 31 heavy (non-hydrogen) atoms. The smallest absolute Gasteiger partial charge is 0.319 e. The van der Waals surface area contributed by atoms with Gasteiger partial charge in [-0.1, -0.05) is 24.6 Å². The lowest BCUT2D eigenvalue weighted by Crippen LogP contribution is -2.50. The number of carbonyl (C=O) groups excluding carboxylic acids is 2. The number of nitrogens with one attached hydrogen (secondary N) is 2. The molecule has 7 heteroatoms. The van der Waals surface area contributed by atoms with E-state index in [-0.39, 0.29) is 24.5 Å². The van der Waals surface area contributed by atoms with Gasteiger partial charge >= 0.3 is 6.03 Å². The van der Waals surface area contributed by atoms with E-state index >= 15 is 0 Å². The van der Waals surface area contributed by atoms with Crippen molar-refractivity contribution in [3.8, 4) is 5.75 Å². The summed E-state index contributed by atoms with van der Waals surface area (Å²) in [6.45, 7) is 3.59. The third-order valence-electron chi connectivity index (χ3n) is 5.43. The van der Waals surface area contributed by atoms with Crippen LogP contribution in [0.2, 0.25) is 0 Å². The third kappa shape index (κ3) is 7.38. The molecule has 2 unspecified atom stereocenters. The molecule has 0 bridgehead atoms. The van der Waals surface area contributed by atoms with Crippen molar-refractivity contribution in [3.63, 3.8) is 0 Å². The zero-order valence-corrected chi connectivity index (χ0v) is 17.9. The van der Waals surface area contributed by atoms with Crippen LogP contribution < -0.4 is 15.4 Å². The van der Waals surface area contributed by atoms with Crippen LogP contribution in [-0.4, -0.2) is 60.2 Å². The van der Waals surface area contributed by atoms with E-state index in [0.717, 1.165) is 31.5 Å². The van der Waals surface area contributed by atoms with Crippen LogP contribution in [0.5, 0.6) is 5.75 Å². The summed E-state index contributed by atoms with van der Waals surface area (Å²) in [6.07, 6.45) is 2.52. The summed E-state index contributed by atoms with van der Waals surface area (Å²) in [5, 5.41) is 16.2. The maximum atomic E-state index is 12.2. The Morgan fingerprint density at radius 3 is 2.58 bits per heavy atom. The number of ether oxygens (including phenoxy) is 1. The van der Waals surface area contributed by atoms with Gasteiger partial charge in [0, 0.05) is 30.4 Å². The number of hydrogen-bond acceptors (Lipinski definition) is 5. The van der Waals surface area contributed by atoms with Gasteiger partial charge in [-0.3, -0.25) is 9.69 Å². The van der Waals surface area contributed by atoms with Gasteiger partial charge in [0.25, 0.3) is 0 Å². The molecule has 0 aromatic heterocycles. The number of likely N-dealkylation sites (tertiary alicyclic amines) is 1. The number of urea groups is 1. The molecule has 0 radical (unpaired) electrons. The van der Waals surface area contributed by atoms with Gasteiger partial charge in [0.2, 0.25) is 0 Å². The van der Waals surface area contributed by atoms with Gasteiger partial charge in [-0.2, -0.15) is 0 Å². The second-order valence-electron chi connectivity index (χ2n) is 7.89. The number of aliphatic hydroxyl groups is 1. The minimum Gasteiger partial charge on any atom is -0.491 e. The van der Waals surface area contributed by atoms with E-state index in [1.54, 1.807) is 24.3 Å². The largest absolute Gasteiger partial charge is 0.491 e. The average Bonchev–Trinajstić information content (AvgIpc) is 2.78.